The lowest BCUT2D eigenvalue weighted by Crippen LogP contribution is -2.40. The molecule has 0 spiro atoms. The van der Waals surface area contributed by atoms with Crippen LogP contribution in [0.25, 0.3) is 5.57 Å². The molecule has 1 aromatic carbocycles. The van der Waals surface area contributed by atoms with Crippen molar-refractivity contribution < 1.29 is 23.9 Å². The number of carbonyl (C=O) groups excluding carboxylic acids is 2. The molecule has 2 fully saturated rings. The first-order chi connectivity index (χ1) is 17.4. The second-order valence-corrected chi connectivity index (χ2v) is 10.2. The van der Waals surface area contributed by atoms with Crippen LogP contribution in [0.3, 0.4) is 0 Å². The van der Waals surface area contributed by atoms with Gasteiger partial charge < -0.3 is 24.1 Å². The minimum Gasteiger partial charge on any atom is -0.493 e. The highest BCUT2D eigenvalue weighted by Crippen LogP contribution is 2.32. The highest BCUT2D eigenvalue weighted by atomic mass is 16.6. The van der Waals surface area contributed by atoms with E-state index in [0.717, 1.165) is 69.6 Å². The second kappa shape index (κ2) is 12.3. The topological polar surface area (TPSA) is 80.7 Å². The van der Waals surface area contributed by atoms with Gasteiger partial charge in [0.05, 0.1) is 25.0 Å². The first kappa shape index (κ1) is 26.0. The van der Waals surface area contributed by atoms with Gasteiger partial charge in [-0.05, 0) is 75.1 Å². The number of benzene rings is 1. The maximum atomic E-state index is 12.9. The van der Waals surface area contributed by atoms with Crippen LogP contribution in [0, 0.1) is 11.8 Å². The number of hydrogen-bond donors (Lipinski definition) is 0. The van der Waals surface area contributed by atoms with Crippen LogP contribution in [-0.2, 0) is 14.4 Å². The summed E-state index contributed by atoms with van der Waals surface area (Å²) < 4.78 is 11.3. The van der Waals surface area contributed by atoms with E-state index in [9.17, 15) is 9.59 Å². The van der Waals surface area contributed by atoms with E-state index in [1.165, 1.54) is 11.1 Å². The Hall–Kier alpha value is -3.03. The first-order valence-electron chi connectivity index (χ1n) is 13.2. The van der Waals surface area contributed by atoms with Gasteiger partial charge in [0.2, 0.25) is 5.91 Å². The summed E-state index contributed by atoms with van der Waals surface area (Å²) >= 11 is 0. The van der Waals surface area contributed by atoms with Gasteiger partial charge in [0, 0.05) is 32.0 Å². The Morgan fingerprint density at radius 2 is 1.78 bits per heavy atom. The van der Waals surface area contributed by atoms with Crippen LogP contribution in [0.15, 0.2) is 35.5 Å². The molecule has 36 heavy (non-hydrogen) atoms. The number of oxime groups is 1. The summed E-state index contributed by atoms with van der Waals surface area (Å²) in [6.07, 6.45) is 7.13. The van der Waals surface area contributed by atoms with Crippen LogP contribution < -0.4 is 4.74 Å². The Bertz CT molecular complexity index is 964. The van der Waals surface area contributed by atoms with Crippen LogP contribution in [0.2, 0.25) is 0 Å². The van der Waals surface area contributed by atoms with Gasteiger partial charge in [-0.3, -0.25) is 4.79 Å². The van der Waals surface area contributed by atoms with Gasteiger partial charge in [-0.1, -0.05) is 23.4 Å². The number of ether oxygens (including phenoxy) is 2. The Morgan fingerprint density at radius 3 is 2.42 bits per heavy atom. The van der Waals surface area contributed by atoms with E-state index < -0.39 is 0 Å². The van der Waals surface area contributed by atoms with Crippen molar-refractivity contribution in [2.45, 2.75) is 58.5 Å². The normalized spacial score (nSPS) is 22.1. The number of likely N-dealkylation sites (tertiary alicyclic amines) is 2. The van der Waals surface area contributed by atoms with Gasteiger partial charge in [-0.15, -0.1) is 0 Å². The molecule has 196 valence electrons. The number of rotatable bonds is 7. The SMILES string of the molecule is CO/N=C1\CCN(C(=O)C2CC=C(c3ccc(OCC4CCN(C(=O)OC(C)C)CC4)cc3)CC2)C1. The largest absolute Gasteiger partial charge is 0.493 e. The van der Waals surface area contributed by atoms with Gasteiger partial charge >= 0.3 is 6.09 Å². The van der Waals surface area contributed by atoms with Crippen molar-refractivity contribution in [2.75, 3.05) is 39.9 Å². The fourth-order valence-corrected chi connectivity index (χ4v) is 5.15. The minimum atomic E-state index is -0.214. The summed E-state index contributed by atoms with van der Waals surface area (Å²) in [4.78, 5) is 33.5. The van der Waals surface area contributed by atoms with Crippen molar-refractivity contribution in [3.05, 3.63) is 35.9 Å². The second-order valence-electron chi connectivity index (χ2n) is 10.2. The molecule has 0 bridgehead atoms. The Balaban J connectivity index is 1.21. The predicted octanol–water partition coefficient (Wildman–Crippen LogP) is 4.74. The number of amides is 2. The van der Waals surface area contributed by atoms with Gasteiger partial charge in [0.15, 0.2) is 0 Å². The lowest BCUT2D eigenvalue weighted by molar-refractivity contribution is -0.134. The summed E-state index contributed by atoms with van der Waals surface area (Å²) in [5.41, 5.74) is 3.44. The Labute approximate surface area is 214 Å². The third kappa shape index (κ3) is 6.80. The zero-order valence-corrected chi connectivity index (χ0v) is 21.8. The molecule has 0 saturated carbocycles. The summed E-state index contributed by atoms with van der Waals surface area (Å²) in [6, 6.07) is 8.29. The molecule has 2 amide bonds. The summed E-state index contributed by atoms with van der Waals surface area (Å²) in [5, 5.41) is 4.00. The van der Waals surface area contributed by atoms with E-state index in [2.05, 4.69) is 23.4 Å². The molecule has 1 unspecified atom stereocenters. The van der Waals surface area contributed by atoms with E-state index in [4.69, 9.17) is 14.3 Å². The molecular weight excluding hydrogens is 458 g/mol. The number of hydrogen-bond acceptors (Lipinski definition) is 6. The summed E-state index contributed by atoms with van der Waals surface area (Å²) in [6.45, 7) is 7.16. The minimum absolute atomic E-state index is 0.0527. The fraction of sp³-hybridized carbons (Fsp3) is 0.607. The molecule has 3 aliphatic rings. The average molecular weight is 498 g/mol. The zero-order chi connectivity index (χ0) is 25.5. The van der Waals surface area contributed by atoms with E-state index in [-0.39, 0.29) is 24.0 Å². The van der Waals surface area contributed by atoms with Gasteiger partial charge in [-0.2, -0.15) is 0 Å². The maximum absolute atomic E-state index is 12.9. The molecule has 4 rings (SSSR count). The fourth-order valence-electron chi connectivity index (χ4n) is 5.15. The Morgan fingerprint density at radius 1 is 1.03 bits per heavy atom. The molecular formula is C28H39N3O5. The molecule has 0 N–H and O–H groups in total. The van der Waals surface area contributed by atoms with Crippen molar-refractivity contribution in [2.24, 2.45) is 17.0 Å². The molecule has 0 radical (unpaired) electrons. The third-order valence-electron chi connectivity index (χ3n) is 7.26. The predicted molar refractivity (Wildman–Crippen MR) is 139 cm³/mol. The van der Waals surface area contributed by atoms with Gasteiger partial charge in [-0.25, -0.2) is 4.79 Å². The standard InChI is InChI=1S/C28H39N3O5/c1-20(2)36-28(33)30-15-12-21(13-16-30)19-35-26-10-8-23(9-11-26)22-4-6-24(7-5-22)27(32)31-17-14-25(18-31)29-34-3/h4,8-11,20-21,24H,5-7,12-19H2,1-3H3/b29-25+. The molecule has 8 nitrogen and oxygen atoms in total. The average Bonchev–Trinajstić information content (AvgIpc) is 3.36. The lowest BCUT2D eigenvalue weighted by Gasteiger charge is -2.31. The Kier molecular flexibility index (Phi) is 8.88. The van der Waals surface area contributed by atoms with Crippen molar-refractivity contribution in [3.63, 3.8) is 0 Å². The molecule has 1 aromatic rings. The molecule has 2 heterocycles. The smallest absolute Gasteiger partial charge is 0.410 e. The summed E-state index contributed by atoms with van der Waals surface area (Å²) in [5.74, 6) is 1.60. The maximum Gasteiger partial charge on any atom is 0.410 e. The lowest BCUT2D eigenvalue weighted by atomic mass is 9.86. The van der Waals surface area contributed by atoms with Crippen molar-refractivity contribution in [1.29, 1.82) is 0 Å². The number of carbonyl (C=O) groups is 2. The zero-order valence-electron chi connectivity index (χ0n) is 21.8. The van der Waals surface area contributed by atoms with Crippen LogP contribution in [-0.4, -0.2) is 73.5 Å². The van der Waals surface area contributed by atoms with Crippen molar-refractivity contribution in [1.82, 2.24) is 9.80 Å². The molecule has 2 saturated heterocycles. The van der Waals surface area contributed by atoms with Gasteiger partial charge in [0.1, 0.15) is 12.9 Å². The number of nitrogens with zero attached hydrogens (tertiary/aromatic N) is 3. The quantitative estimate of drug-likeness (QED) is 0.508. The molecule has 0 aromatic heterocycles. The van der Waals surface area contributed by atoms with Crippen molar-refractivity contribution in [3.8, 4) is 5.75 Å². The van der Waals surface area contributed by atoms with E-state index in [0.29, 0.717) is 19.1 Å². The molecule has 2 aliphatic heterocycles. The first-order valence-corrected chi connectivity index (χ1v) is 13.2. The number of piperidine rings is 1. The van der Waals surface area contributed by atoms with Crippen LogP contribution in [0.5, 0.6) is 5.75 Å². The van der Waals surface area contributed by atoms with Crippen molar-refractivity contribution >= 4 is 23.3 Å². The van der Waals surface area contributed by atoms with Gasteiger partial charge in [0.25, 0.3) is 0 Å². The molecule has 8 heteroatoms. The highest BCUT2D eigenvalue weighted by molar-refractivity contribution is 5.93. The third-order valence-corrected chi connectivity index (χ3v) is 7.26. The van der Waals surface area contributed by atoms with Crippen LogP contribution >= 0.6 is 0 Å². The summed E-state index contributed by atoms with van der Waals surface area (Å²) in [7, 11) is 1.54. The number of allylic oxidation sites excluding steroid dienone is 2. The molecule has 1 aliphatic carbocycles. The van der Waals surface area contributed by atoms with E-state index >= 15 is 0 Å². The van der Waals surface area contributed by atoms with Crippen LogP contribution in [0.1, 0.15) is 57.9 Å². The monoisotopic (exact) mass is 497 g/mol. The highest BCUT2D eigenvalue weighted by Gasteiger charge is 2.30. The van der Waals surface area contributed by atoms with Crippen LogP contribution in [0.4, 0.5) is 4.79 Å². The molecule has 1 atom stereocenters. The van der Waals surface area contributed by atoms with E-state index in [1.54, 1.807) is 12.0 Å². The van der Waals surface area contributed by atoms with E-state index in [1.807, 2.05) is 30.9 Å².